The molecule has 0 spiro atoms. The van der Waals surface area contributed by atoms with E-state index in [-0.39, 0.29) is 23.1 Å². The van der Waals surface area contributed by atoms with Gasteiger partial charge in [-0.15, -0.1) is 0 Å². The first kappa shape index (κ1) is 20.6. The van der Waals surface area contributed by atoms with Gasteiger partial charge in [-0.25, -0.2) is 13.1 Å². The summed E-state index contributed by atoms with van der Waals surface area (Å²) >= 11 is 0. The smallest absolute Gasteiger partial charge is 0.416 e. The number of sulfonamides is 1. The van der Waals surface area contributed by atoms with Gasteiger partial charge < -0.3 is 10.1 Å². The topological polar surface area (TPSA) is 67.4 Å². The van der Waals surface area contributed by atoms with E-state index in [1.165, 1.54) is 24.3 Å². The van der Waals surface area contributed by atoms with Crippen molar-refractivity contribution in [3.8, 4) is 5.75 Å². The largest absolute Gasteiger partial charge is 0.489 e. The fourth-order valence-electron chi connectivity index (χ4n) is 3.07. The third-order valence-electron chi connectivity index (χ3n) is 4.62. The van der Waals surface area contributed by atoms with Crippen LogP contribution < -0.4 is 14.8 Å². The zero-order valence-electron chi connectivity index (χ0n) is 14.9. The SMILES string of the molecule is O=S(=O)(NC[C@H](Oc1ccc(C(F)(F)F)cc1)[C@H]1CCNC1)c1ccccc1. The molecule has 3 rings (SSSR count). The van der Waals surface area contributed by atoms with Crippen LogP contribution in [0.25, 0.3) is 0 Å². The molecule has 2 aromatic carbocycles. The van der Waals surface area contributed by atoms with E-state index in [0.29, 0.717) is 6.54 Å². The molecule has 9 heteroatoms. The van der Waals surface area contributed by atoms with E-state index in [9.17, 15) is 21.6 Å². The summed E-state index contributed by atoms with van der Waals surface area (Å²) < 4.78 is 71.5. The van der Waals surface area contributed by atoms with Crippen LogP contribution in [0.3, 0.4) is 0 Å². The van der Waals surface area contributed by atoms with E-state index in [1.54, 1.807) is 18.2 Å². The summed E-state index contributed by atoms with van der Waals surface area (Å²) in [5, 5.41) is 3.19. The molecule has 2 N–H and O–H groups in total. The summed E-state index contributed by atoms with van der Waals surface area (Å²) in [7, 11) is -3.70. The van der Waals surface area contributed by atoms with Crippen molar-refractivity contribution in [2.45, 2.75) is 23.6 Å². The molecule has 152 valence electrons. The van der Waals surface area contributed by atoms with Crippen LogP contribution in [-0.2, 0) is 16.2 Å². The normalized spacial score (nSPS) is 18.8. The summed E-state index contributed by atoms with van der Waals surface area (Å²) in [4.78, 5) is 0.146. The van der Waals surface area contributed by atoms with Gasteiger partial charge in [0, 0.05) is 19.0 Å². The number of hydrogen-bond donors (Lipinski definition) is 2. The molecule has 1 fully saturated rings. The molecule has 1 saturated heterocycles. The van der Waals surface area contributed by atoms with Gasteiger partial charge in [0.2, 0.25) is 10.0 Å². The molecule has 0 aliphatic carbocycles. The maximum Gasteiger partial charge on any atom is 0.416 e. The van der Waals surface area contributed by atoms with Gasteiger partial charge in [0.15, 0.2) is 0 Å². The van der Waals surface area contributed by atoms with Crippen LogP contribution in [0.2, 0.25) is 0 Å². The standard InChI is InChI=1S/C19H21F3N2O3S/c20-19(21,22)15-6-8-16(9-7-15)27-18(14-10-11-23-12-14)13-24-28(25,26)17-4-2-1-3-5-17/h1-9,14,18,23-24H,10-13H2/t14-,18-/m0/s1. The van der Waals surface area contributed by atoms with Gasteiger partial charge in [-0.3, -0.25) is 0 Å². The Hall–Kier alpha value is -2.10. The van der Waals surface area contributed by atoms with Crippen molar-refractivity contribution in [2.24, 2.45) is 5.92 Å². The summed E-state index contributed by atoms with van der Waals surface area (Å²) in [6.07, 6.45) is -4.14. The lowest BCUT2D eigenvalue weighted by molar-refractivity contribution is -0.137. The third kappa shape index (κ3) is 5.24. The van der Waals surface area contributed by atoms with Crippen LogP contribution in [0.5, 0.6) is 5.75 Å². The molecule has 0 amide bonds. The molecular formula is C19H21F3N2O3S. The zero-order valence-corrected chi connectivity index (χ0v) is 15.8. The second-order valence-electron chi connectivity index (χ2n) is 6.60. The lowest BCUT2D eigenvalue weighted by atomic mass is 10.0. The Morgan fingerprint density at radius 1 is 1.11 bits per heavy atom. The fourth-order valence-corrected chi connectivity index (χ4v) is 4.14. The highest BCUT2D eigenvalue weighted by Gasteiger charge is 2.31. The molecule has 1 heterocycles. The van der Waals surface area contributed by atoms with Crippen LogP contribution >= 0.6 is 0 Å². The fraction of sp³-hybridized carbons (Fsp3) is 0.368. The van der Waals surface area contributed by atoms with E-state index in [4.69, 9.17) is 4.74 Å². The third-order valence-corrected chi connectivity index (χ3v) is 6.06. The average molecular weight is 414 g/mol. The first-order valence-corrected chi connectivity index (χ1v) is 10.3. The number of benzene rings is 2. The molecule has 0 unspecified atom stereocenters. The molecule has 1 aliphatic rings. The summed E-state index contributed by atoms with van der Waals surface area (Å²) in [6.45, 7) is 1.45. The molecule has 5 nitrogen and oxygen atoms in total. The number of alkyl halides is 3. The van der Waals surface area contributed by atoms with Crippen molar-refractivity contribution in [3.05, 3.63) is 60.2 Å². The van der Waals surface area contributed by atoms with Gasteiger partial charge >= 0.3 is 6.18 Å². The van der Waals surface area contributed by atoms with Gasteiger partial charge in [-0.05, 0) is 49.4 Å². The lowest BCUT2D eigenvalue weighted by Crippen LogP contribution is -2.40. The van der Waals surface area contributed by atoms with Crippen LogP contribution in [-0.4, -0.2) is 34.2 Å². The van der Waals surface area contributed by atoms with Gasteiger partial charge in [-0.1, -0.05) is 18.2 Å². The predicted octanol–water partition coefficient (Wildman–Crippen LogP) is 3.04. The summed E-state index contributed by atoms with van der Waals surface area (Å²) in [5.41, 5.74) is -0.760. The minimum atomic E-state index is -4.42. The van der Waals surface area contributed by atoms with E-state index in [1.807, 2.05) is 0 Å². The first-order valence-electron chi connectivity index (χ1n) is 8.85. The van der Waals surface area contributed by atoms with E-state index in [0.717, 1.165) is 25.1 Å². The Bertz CT molecular complexity index is 866. The Kier molecular flexibility index (Phi) is 6.26. The number of rotatable bonds is 7. The van der Waals surface area contributed by atoms with Crippen molar-refractivity contribution in [1.29, 1.82) is 0 Å². The van der Waals surface area contributed by atoms with Crippen LogP contribution in [0.1, 0.15) is 12.0 Å². The molecule has 2 aromatic rings. The van der Waals surface area contributed by atoms with Crippen molar-refractivity contribution < 1.29 is 26.3 Å². The van der Waals surface area contributed by atoms with Crippen molar-refractivity contribution >= 4 is 10.0 Å². The summed E-state index contributed by atoms with van der Waals surface area (Å²) in [5.74, 6) is 0.310. The average Bonchev–Trinajstić information content (AvgIpc) is 3.20. The van der Waals surface area contributed by atoms with Gasteiger partial charge in [0.1, 0.15) is 11.9 Å². The van der Waals surface area contributed by atoms with Crippen LogP contribution in [0, 0.1) is 5.92 Å². The minimum absolute atomic E-state index is 0.0184. The quantitative estimate of drug-likeness (QED) is 0.731. The van der Waals surface area contributed by atoms with Gasteiger partial charge in [0.05, 0.1) is 10.5 Å². The van der Waals surface area contributed by atoms with Crippen LogP contribution in [0.4, 0.5) is 13.2 Å². The molecule has 0 aromatic heterocycles. The lowest BCUT2D eigenvalue weighted by Gasteiger charge is -2.25. The van der Waals surface area contributed by atoms with E-state index >= 15 is 0 Å². The summed E-state index contributed by atoms with van der Waals surface area (Å²) in [6, 6.07) is 12.4. The number of nitrogens with one attached hydrogen (secondary N) is 2. The molecule has 1 aliphatic heterocycles. The highest BCUT2D eigenvalue weighted by atomic mass is 32.2. The van der Waals surface area contributed by atoms with E-state index in [2.05, 4.69) is 10.0 Å². The second kappa shape index (κ2) is 8.50. The zero-order chi connectivity index (χ0) is 20.2. The molecular weight excluding hydrogens is 393 g/mol. The first-order chi connectivity index (χ1) is 13.3. The van der Waals surface area contributed by atoms with Gasteiger partial charge in [0.25, 0.3) is 0 Å². The van der Waals surface area contributed by atoms with Crippen molar-refractivity contribution in [2.75, 3.05) is 19.6 Å². The van der Waals surface area contributed by atoms with Crippen LogP contribution in [0.15, 0.2) is 59.5 Å². The maximum atomic E-state index is 12.7. The van der Waals surface area contributed by atoms with Gasteiger partial charge in [-0.2, -0.15) is 13.2 Å². The number of halogens is 3. The Labute approximate surface area is 162 Å². The Balaban J connectivity index is 1.71. The maximum absolute atomic E-state index is 12.7. The highest BCUT2D eigenvalue weighted by Crippen LogP contribution is 2.31. The van der Waals surface area contributed by atoms with E-state index < -0.39 is 27.9 Å². The predicted molar refractivity (Wildman–Crippen MR) is 98.5 cm³/mol. The minimum Gasteiger partial charge on any atom is -0.489 e. The molecule has 28 heavy (non-hydrogen) atoms. The molecule has 0 bridgehead atoms. The highest BCUT2D eigenvalue weighted by molar-refractivity contribution is 7.89. The molecule has 0 radical (unpaired) electrons. The second-order valence-corrected chi connectivity index (χ2v) is 8.36. The van der Waals surface area contributed by atoms with Crippen molar-refractivity contribution in [3.63, 3.8) is 0 Å². The monoisotopic (exact) mass is 414 g/mol. The number of hydrogen-bond acceptors (Lipinski definition) is 4. The molecule has 2 atom stereocenters. The Morgan fingerprint density at radius 3 is 2.36 bits per heavy atom. The van der Waals surface area contributed by atoms with Crippen molar-refractivity contribution in [1.82, 2.24) is 10.0 Å². The molecule has 0 saturated carbocycles. The Morgan fingerprint density at radius 2 is 1.79 bits per heavy atom. The number of ether oxygens (including phenoxy) is 1.